The van der Waals surface area contributed by atoms with E-state index in [4.69, 9.17) is 23.7 Å². The fourth-order valence-electron chi connectivity index (χ4n) is 2.65. The molecule has 11 heteroatoms. The zero-order chi connectivity index (χ0) is 21.4. The van der Waals surface area contributed by atoms with Gasteiger partial charge in [0.15, 0.2) is 18.3 Å². The first-order valence-corrected chi connectivity index (χ1v) is 9.39. The smallest absolute Gasteiger partial charge is 0.303 e. The van der Waals surface area contributed by atoms with Crippen LogP contribution in [0.3, 0.4) is 0 Å². The van der Waals surface area contributed by atoms with Gasteiger partial charge in [0.25, 0.3) is 0 Å². The topological polar surface area (TPSA) is 132 Å². The summed E-state index contributed by atoms with van der Waals surface area (Å²) >= 11 is 1.15. The standard InChI is InChI=1S/C17H24O10S/c1-8(18)23-6-13-15(25-10(3)20)17(27-12(5)22)16(26-11(4)21)14(28-13)7-24-9(2)19/h13-17H,6-7H2,1-5H3/t13-,14+,15-,16+,17?. The van der Waals surface area contributed by atoms with Gasteiger partial charge in [0, 0.05) is 34.6 Å². The largest absolute Gasteiger partial charge is 0.465 e. The molecule has 5 atom stereocenters. The molecule has 1 aliphatic heterocycles. The minimum atomic E-state index is -1.17. The van der Waals surface area contributed by atoms with E-state index >= 15 is 0 Å². The second kappa shape index (κ2) is 10.9. The van der Waals surface area contributed by atoms with Crippen LogP contribution in [0.5, 0.6) is 0 Å². The van der Waals surface area contributed by atoms with Gasteiger partial charge in [-0.1, -0.05) is 0 Å². The quantitative estimate of drug-likeness (QED) is 0.418. The molecule has 0 spiro atoms. The Hall–Kier alpha value is -2.30. The van der Waals surface area contributed by atoms with Crippen LogP contribution in [0.4, 0.5) is 0 Å². The van der Waals surface area contributed by atoms with Crippen LogP contribution in [-0.2, 0) is 47.7 Å². The third kappa shape index (κ3) is 7.75. The average Bonchev–Trinajstić information content (AvgIpc) is 2.54. The van der Waals surface area contributed by atoms with E-state index in [0.29, 0.717) is 0 Å². The molecule has 0 aromatic heterocycles. The highest BCUT2D eigenvalue weighted by molar-refractivity contribution is 8.00. The Morgan fingerprint density at radius 3 is 1.18 bits per heavy atom. The van der Waals surface area contributed by atoms with Crippen molar-refractivity contribution in [1.29, 1.82) is 0 Å². The van der Waals surface area contributed by atoms with E-state index < -0.39 is 58.7 Å². The van der Waals surface area contributed by atoms with Gasteiger partial charge in [-0.05, 0) is 0 Å². The minimum absolute atomic E-state index is 0.154. The molecule has 0 N–H and O–H groups in total. The summed E-state index contributed by atoms with van der Waals surface area (Å²) in [7, 11) is 0. The monoisotopic (exact) mass is 420 g/mol. The van der Waals surface area contributed by atoms with Crippen LogP contribution >= 0.6 is 11.8 Å². The van der Waals surface area contributed by atoms with Crippen molar-refractivity contribution in [3.05, 3.63) is 0 Å². The van der Waals surface area contributed by atoms with Crippen LogP contribution in [0.15, 0.2) is 0 Å². The molecule has 1 fully saturated rings. The SMILES string of the molecule is CC(=O)OC[C@@H]1S[C@H](COC(C)=O)[C@@H](OC(C)=O)C(OC(C)=O)[C@H]1OC(C)=O. The molecule has 0 aromatic carbocycles. The van der Waals surface area contributed by atoms with Crippen LogP contribution in [0.25, 0.3) is 0 Å². The Balaban J connectivity index is 3.26. The van der Waals surface area contributed by atoms with Crippen LogP contribution < -0.4 is 0 Å². The van der Waals surface area contributed by atoms with Gasteiger partial charge >= 0.3 is 29.8 Å². The van der Waals surface area contributed by atoms with Gasteiger partial charge in [0.05, 0.1) is 10.5 Å². The second-order valence-corrected chi connectivity index (χ2v) is 7.52. The molecule has 28 heavy (non-hydrogen) atoms. The van der Waals surface area contributed by atoms with E-state index in [1.807, 2.05) is 0 Å². The minimum Gasteiger partial charge on any atom is -0.465 e. The lowest BCUT2D eigenvalue weighted by Crippen LogP contribution is -2.59. The number of carbonyl (C=O) groups excluding carboxylic acids is 5. The zero-order valence-corrected chi connectivity index (χ0v) is 17.1. The van der Waals surface area contributed by atoms with Gasteiger partial charge in [-0.15, -0.1) is 11.8 Å². The lowest BCUT2D eigenvalue weighted by Gasteiger charge is -2.43. The van der Waals surface area contributed by atoms with Crippen molar-refractivity contribution in [3.63, 3.8) is 0 Å². The molecule has 0 amide bonds. The molecule has 1 unspecified atom stereocenters. The molecule has 158 valence electrons. The molecule has 1 heterocycles. The molecule has 1 saturated heterocycles. The lowest BCUT2D eigenvalue weighted by atomic mass is 10.00. The van der Waals surface area contributed by atoms with E-state index in [0.717, 1.165) is 18.7 Å². The van der Waals surface area contributed by atoms with Gasteiger partial charge in [0.1, 0.15) is 13.2 Å². The Labute approximate surface area is 166 Å². The van der Waals surface area contributed by atoms with Crippen molar-refractivity contribution in [2.24, 2.45) is 0 Å². The average molecular weight is 420 g/mol. The maximum absolute atomic E-state index is 11.6. The second-order valence-electron chi connectivity index (χ2n) is 6.04. The highest BCUT2D eigenvalue weighted by Gasteiger charge is 2.51. The molecule has 0 aliphatic carbocycles. The third-order valence-corrected chi connectivity index (χ3v) is 5.05. The highest BCUT2D eigenvalue weighted by atomic mass is 32.2. The van der Waals surface area contributed by atoms with Gasteiger partial charge < -0.3 is 23.7 Å². The molecule has 1 rings (SSSR count). The zero-order valence-electron chi connectivity index (χ0n) is 16.3. The highest BCUT2D eigenvalue weighted by Crippen LogP contribution is 2.38. The lowest BCUT2D eigenvalue weighted by molar-refractivity contribution is -0.186. The summed E-state index contributed by atoms with van der Waals surface area (Å²) in [6.07, 6.45) is -3.28. The normalized spacial score (nSPS) is 26.5. The first-order chi connectivity index (χ1) is 13.0. The molecule has 10 nitrogen and oxygen atoms in total. The molecular weight excluding hydrogens is 396 g/mol. The summed E-state index contributed by atoms with van der Waals surface area (Å²) in [5.41, 5.74) is 0. The predicted octanol–water partition coefficient (Wildman–Crippen LogP) is 0.392. The van der Waals surface area contributed by atoms with Crippen molar-refractivity contribution in [3.8, 4) is 0 Å². The first-order valence-electron chi connectivity index (χ1n) is 8.45. The van der Waals surface area contributed by atoms with Crippen molar-refractivity contribution in [2.45, 2.75) is 63.4 Å². The summed E-state index contributed by atoms with van der Waals surface area (Å²) in [4.78, 5) is 57.3. The fraction of sp³-hybridized carbons (Fsp3) is 0.706. The molecule has 0 bridgehead atoms. The van der Waals surface area contributed by atoms with Gasteiger partial charge in [-0.3, -0.25) is 24.0 Å². The van der Waals surface area contributed by atoms with Crippen LogP contribution in [0.2, 0.25) is 0 Å². The van der Waals surface area contributed by atoms with Crippen LogP contribution in [-0.4, -0.2) is 71.9 Å². The molecular formula is C17H24O10S. The molecule has 0 aromatic rings. The van der Waals surface area contributed by atoms with Crippen LogP contribution in [0, 0.1) is 0 Å². The van der Waals surface area contributed by atoms with E-state index in [1.165, 1.54) is 27.7 Å². The third-order valence-electron chi connectivity index (χ3n) is 3.54. The number of thioether (sulfide) groups is 1. The van der Waals surface area contributed by atoms with Crippen molar-refractivity contribution < 1.29 is 47.7 Å². The van der Waals surface area contributed by atoms with Crippen molar-refractivity contribution in [2.75, 3.05) is 13.2 Å². The maximum Gasteiger partial charge on any atom is 0.303 e. The summed E-state index contributed by atoms with van der Waals surface area (Å²) in [5, 5.41) is -1.30. The number of rotatable bonds is 7. The Bertz CT molecular complexity index is 575. The fourth-order valence-corrected chi connectivity index (χ4v) is 4.12. The Morgan fingerprint density at radius 2 is 0.893 bits per heavy atom. The summed E-state index contributed by atoms with van der Waals surface area (Å²) in [6.45, 7) is 5.62. The summed E-state index contributed by atoms with van der Waals surface area (Å²) in [6, 6.07) is 0. The van der Waals surface area contributed by atoms with Crippen molar-refractivity contribution >= 4 is 41.6 Å². The van der Waals surface area contributed by atoms with Crippen molar-refractivity contribution in [1.82, 2.24) is 0 Å². The van der Waals surface area contributed by atoms with E-state index in [2.05, 4.69) is 0 Å². The van der Waals surface area contributed by atoms with Gasteiger partial charge in [-0.2, -0.15) is 0 Å². The number of carbonyl (C=O) groups is 5. The summed E-state index contributed by atoms with van der Waals surface area (Å²) in [5.74, 6) is -3.11. The molecule has 1 aliphatic rings. The van der Waals surface area contributed by atoms with E-state index in [1.54, 1.807) is 0 Å². The summed E-state index contributed by atoms with van der Waals surface area (Å²) < 4.78 is 26.0. The Morgan fingerprint density at radius 1 is 0.571 bits per heavy atom. The number of esters is 5. The number of hydrogen-bond acceptors (Lipinski definition) is 11. The predicted molar refractivity (Wildman–Crippen MR) is 95.1 cm³/mol. The maximum atomic E-state index is 11.6. The number of ether oxygens (including phenoxy) is 5. The van der Waals surface area contributed by atoms with Crippen LogP contribution in [0.1, 0.15) is 34.6 Å². The van der Waals surface area contributed by atoms with Gasteiger partial charge in [0.2, 0.25) is 0 Å². The number of hydrogen-bond donors (Lipinski definition) is 0. The Kier molecular flexibility index (Phi) is 9.23. The molecule has 0 saturated carbocycles. The molecule has 0 radical (unpaired) electrons. The first kappa shape index (κ1) is 23.7. The van der Waals surface area contributed by atoms with Gasteiger partial charge in [-0.25, -0.2) is 0 Å². The van der Waals surface area contributed by atoms with E-state index in [-0.39, 0.29) is 13.2 Å². The van der Waals surface area contributed by atoms with E-state index in [9.17, 15) is 24.0 Å².